The van der Waals surface area contributed by atoms with Gasteiger partial charge in [-0.2, -0.15) is 10.2 Å². The maximum absolute atomic E-state index is 11.5. The van der Waals surface area contributed by atoms with Crippen molar-refractivity contribution >= 4 is 5.91 Å². The molecule has 5 nitrogen and oxygen atoms in total. The van der Waals surface area contributed by atoms with E-state index in [0.717, 1.165) is 0 Å². The van der Waals surface area contributed by atoms with Crippen molar-refractivity contribution in [1.82, 2.24) is 15.5 Å². The molecule has 0 aromatic carbocycles. The highest BCUT2D eigenvalue weighted by molar-refractivity contribution is 5.93. The van der Waals surface area contributed by atoms with E-state index in [1.165, 1.54) is 12.4 Å². The summed E-state index contributed by atoms with van der Waals surface area (Å²) in [5, 5.41) is 19.3. The fourth-order valence-corrected chi connectivity index (χ4v) is 0.960. The summed E-state index contributed by atoms with van der Waals surface area (Å²) in [5.74, 6) is -0.120. The van der Waals surface area contributed by atoms with E-state index in [2.05, 4.69) is 15.5 Å². The van der Waals surface area contributed by atoms with Gasteiger partial charge in [0.15, 0.2) is 0 Å². The molecule has 5 heteroatoms. The average Bonchev–Trinajstić information content (AvgIpc) is 2.26. The molecular weight excluding hydrogens is 194 g/mol. The third kappa shape index (κ3) is 3.63. The second-order valence-electron chi connectivity index (χ2n) is 3.65. The van der Waals surface area contributed by atoms with Crippen LogP contribution in [0, 0.1) is 5.92 Å². The molecule has 1 aromatic heterocycles. The highest BCUT2D eigenvalue weighted by Gasteiger charge is 2.11. The Balaban J connectivity index is 2.44. The van der Waals surface area contributed by atoms with Crippen molar-refractivity contribution in [2.24, 2.45) is 5.92 Å². The molecule has 2 N–H and O–H groups in total. The van der Waals surface area contributed by atoms with Gasteiger partial charge in [-0.3, -0.25) is 4.79 Å². The van der Waals surface area contributed by atoms with Crippen LogP contribution in [0.4, 0.5) is 0 Å². The lowest BCUT2D eigenvalue weighted by molar-refractivity contribution is 0.0871. The predicted octanol–water partition coefficient (Wildman–Crippen LogP) is 0.223. The zero-order chi connectivity index (χ0) is 11.3. The van der Waals surface area contributed by atoms with Crippen molar-refractivity contribution in [3.05, 3.63) is 24.0 Å². The van der Waals surface area contributed by atoms with Gasteiger partial charge in [0.25, 0.3) is 5.91 Å². The van der Waals surface area contributed by atoms with E-state index in [1.807, 2.05) is 13.8 Å². The van der Waals surface area contributed by atoms with Crippen LogP contribution in [0.15, 0.2) is 18.5 Å². The zero-order valence-corrected chi connectivity index (χ0v) is 8.84. The summed E-state index contributed by atoms with van der Waals surface area (Å²) in [6.45, 7) is 4.04. The minimum atomic E-state index is -0.524. The van der Waals surface area contributed by atoms with E-state index in [-0.39, 0.29) is 18.4 Å². The summed E-state index contributed by atoms with van der Waals surface area (Å²) in [4.78, 5) is 11.5. The molecule has 0 fully saturated rings. The van der Waals surface area contributed by atoms with Crippen LogP contribution < -0.4 is 5.32 Å². The minimum Gasteiger partial charge on any atom is -0.391 e. The third-order valence-electron chi connectivity index (χ3n) is 2.09. The van der Waals surface area contributed by atoms with Crippen molar-refractivity contribution in [3.8, 4) is 0 Å². The number of aliphatic hydroxyl groups excluding tert-OH is 1. The van der Waals surface area contributed by atoms with Crippen LogP contribution in [-0.4, -0.2) is 33.9 Å². The molecule has 1 rings (SSSR count). The van der Waals surface area contributed by atoms with Crippen molar-refractivity contribution in [2.75, 3.05) is 6.54 Å². The molecule has 0 aliphatic heterocycles. The SMILES string of the molecule is CC(C)C(O)CNC(=O)c1ccnnc1. The molecule has 0 radical (unpaired) electrons. The van der Waals surface area contributed by atoms with Gasteiger partial charge in [-0.1, -0.05) is 13.8 Å². The number of amides is 1. The number of carbonyl (C=O) groups excluding carboxylic acids is 1. The smallest absolute Gasteiger partial charge is 0.253 e. The highest BCUT2D eigenvalue weighted by Crippen LogP contribution is 2.00. The number of nitrogens with zero attached hydrogens (tertiary/aromatic N) is 2. The van der Waals surface area contributed by atoms with E-state index >= 15 is 0 Å². The first kappa shape index (κ1) is 11.6. The Morgan fingerprint density at radius 2 is 2.27 bits per heavy atom. The lowest BCUT2D eigenvalue weighted by Gasteiger charge is -2.14. The van der Waals surface area contributed by atoms with Crippen molar-refractivity contribution in [2.45, 2.75) is 20.0 Å². The first-order valence-electron chi connectivity index (χ1n) is 4.84. The standard InChI is InChI=1S/C10H15N3O2/c1-7(2)9(14)6-11-10(15)8-3-4-12-13-5-8/h3-5,7,9,14H,6H2,1-2H3,(H,11,15). The summed E-state index contributed by atoms with van der Waals surface area (Å²) in [6.07, 6.45) is 2.31. The maximum atomic E-state index is 11.5. The summed E-state index contributed by atoms with van der Waals surface area (Å²) in [7, 11) is 0. The van der Waals surface area contributed by atoms with Crippen LogP contribution in [0.2, 0.25) is 0 Å². The summed E-state index contributed by atoms with van der Waals surface area (Å²) in [6, 6.07) is 1.57. The Labute approximate surface area is 88.5 Å². The number of aliphatic hydroxyl groups is 1. The molecule has 0 saturated heterocycles. The van der Waals surface area contributed by atoms with E-state index in [4.69, 9.17) is 0 Å². The van der Waals surface area contributed by atoms with Crippen LogP contribution in [0.5, 0.6) is 0 Å². The second kappa shape index (κ2) is 5.41. The van der Waals surface area contributed by atoms with Gasteiger partial charge in [0, 0.05) is 6.54 Å². The van der Waals surface area contributed by atoms with Crippen molar-refractivity contribution in [1.29, 1.82) is 0 Å². The van der Waals surface area contributed by atoms with Gasteiger partial charge in [-0.05, 0) is 12.0 Å². The summed E-state index contributed by atoms with van der Waals surface area (Å²) < 4.78 is 0. The Hall–Kier alpha value is -1.49. The lowest BCUT2D eigenvalue weighted by atomic mass is 10.1. The van der Waals surface area contributed by atoms with Crippen LogP contribution in [-0.2, 0) is 0 Å². The van der Waals surface area contributed by atoms with Gasteiger partial charge in [-0.25, -0.2) is 0 Å². The van der Waals surface area contributed by atoms with Gasteiger partial charge in [0.05, 0.1) is 24.1 Å². The Morgan fingerprint density at radius 1 is 1.53 bits per heavy atom. The van der Waals surface area contributed by atoms with Gasteiger partial charge in [0.1, 0.15) is 0 Å². The molecule has 0 spiro atoms. The minimum absolute atomic E-state index is 0.126. The molecular formula is C10H15N3O2. The third-order valence-corrected chi connectivity index (χ3v) is 2.09. The van der Waals surface area contributed by atoms with Crippen molar-refractivity contribution < 1.29 is 9.90 Å². The normalized spacial score (nSPS) is 12.5. The molecule has 15 heavy (non-hydrogen) atoms. The van der Waals surface area contributed by atoms with Crippen LogP contribution in [0.1, 0.15) is 24.2 Å². The highest BCUT2D eigenvalue weighted by atomic mass is 16.3. The average molecular weight is 209 g/mol. The maximum Gasteiger partial charge on any atom is 0.253 e. The molecule has 0 aliphatic rings. The molecule has 1 unspecified atom stereocenters. The molecule has 0 aliphatic carbocycles. The van der Waals surface area contributed by atoms with Crippen LogP contribution in [0.3, 0.4) is 0 Å². The quantitative estimate of drug-likeness (QED) is 0.744. The Bertz CT molecular complexity index is 314. The summed E-state index contributed by atoms with van der Waals surface area (Å²) in [5.41, 5.74) is 0.445. The van der Waals surface area contributed by atoms with E-state index in [9.17, 15) is 9.90 Å². The van der Waals surface area contributed by atoms with Gasteiger partial charge in [0.2, 0.25) is 0 Å². The van der Waals surface area contributed by atoms with Crippen molar-refractivity contribution in [3.63, 3.8) is 0 Å². The number of carbonyl (C=O) groups is 1. The van der Waals surface area contributed by atoms with Crippen LogP contribution >= 0.6 is 0 Å². The molecule has 82 valence electrons. The molecule has 1 heterocycles. The van der Waals surface area contributed by atoms with E-state index < -0.39 is 6.10 Å². The van der Waals surface area contributed by atoms with E-state index in [1.54, 1.807) is 6.07 Å². The topological polar surface area (TPSA) is 75.1 Å². The molecule has 0 saturated carbocycles. The van der Waals surface area contributed by atoms with Crippen LogP contribution in [0.25, 0.3) is 0 Å². The van der Waals surface area contributed by atoms with Gasteiger partial charge >= 0.3 is 0 Å². The Morgan fingerprint density at radius 3 is 2.80 bits per heavy atom. The molecule has 1 amide bonds. The number of hydrogen-bond donors (Lipinski definition) is 2. The number of rotatable bonds is 4. The number of nitrogens with one attached hydrogen (secondary N) is 1. The molecule has 1 aromatic rings. The first-order chi connectivity index (χ1) is 7.11. The van der Waals surface area contributed by atoms with Gasteiger partial charge in [-0.15, -0.1) is 0 Å². The number of hydrogen-bond acceptors (Lipinski definition) is 4. The predicted molar refractivity (Wildman–Crippen MR) is 55.2 cm³/mol. The Kier molecular flexibility index (Phi) is 4.17. The monoisotopic (exact) mass is 209 g/mol. The molecule has 1 atom stereocenters. The van der Waals surface area contributed by atoms with E-state index in [0.29, 0.717) is 5.56 Å². The summed E-state index contributed by atoms with van der Waals surface area (Å²) >= 11 is 0. The second-order valence-corrected chi connectivity index (χ2v) is 3.65. The lowest BCUT2D eigenvalue weighted by Crippen LogP contribution is -2.34. The first-order valence-corrected chi connectivity index (χ1v) is 4.84. The number of aromatic nitrogens is 2. The van der Waals surface area contributed by atoms with Gasteiger partial charge < -0.3 is 10.4 Å². The fourth-order valence-electron chi connectivity index (χ4n) is 0.960. The zero-order valence-electron chi connectivity index (χ0n) is 8.84. The molecule has 0 bridgehead atoms. The largest absolute Gasteiger partial charge is 0.391 e. The fraction of sp³-hybridized carbons (Fsp3) is 0.500.